The molecule has 0 saturated carbocycles. The van der Waals surface area contributed by atoms with Crippen LogP contribution < -0.4 is 10.1 Å². The number of morpholine rings is 1. The highest BCUT2D eigenvalue weighted by Crippen LogP contribution is 2.15. The molecule has 0 bridgehead atoms. The molecule has 1 aliphatic rings. The average Bonchev–Trinajstić information content (AvgIpc) is 2.95. The molecule has 2 aromatic rings. The van der Waals surface area contributed by atoms with Crippen LogP contribution in [0.25, 0.3) is 0 Å². The van der Waals surface area contributed by atoms with Gasteiger partial charge in [-0.1, -0.05) is 17.3 Å². The van der Waals surface area contributed by atoms with Gasteiger partial charge in [0.15, 0.2) is 5.82 Å². The first-order valence-electron chi connectivity index (χ1n) is 7.09. The van der Waals surface area contributed by atoms with Crippen molar-refractivity contribution in [3.8, 4) is 5.75 Å². The second-order valence-corrected chi connectivity index (χ2v) is 5.06. The number of methoxy groups -OCH3 is 1. The molecule has 2 heterocycles. The van der Waals surface area contributed by atoms with Crippen LogP contribution in [0.2, 0.25) is 0 Å². The van der Waals surface area contributed by atoms with Crippen molar-refractivity contribution in [2.24, 2.45) is 0 Å². The van der Waals surface area contributed by atoms with Crippen LogP contribution in [0.1, 0.15) is 17.3 Å². The number of ether oxygens (including phenoxy) is 2. The van der Waals surface area contributed by atoms with E-state index in [1.165, 1.54) is 0 Å². The molecule has 1 unspecified atom stereocenters. The van der Waals surface area contributed by atoms with E-state index in [1.807, 2.05) is 24.3 Å². The van der Waals surface area contributed by atoms with E-state index in [-0.39, 0.29) is 6.04 Å². The van der Waals surface area contributed by atoms with Crippen molar-refractivity contribution in [2.75, 3.05) is 26.9 Å². The van der Waals surface area contributed by atoms with Crippen molar-refractivity contribution in [1.29, 1.82) is 0 Å². The summed E-state index contributed by atoms with van der Waals surface area (Å²) in [6, 6.07) is 8.13. The summed E-state index contributed by atoms with van der Waals surface area (Å²) in [5.41, 5.74) is 1.10. The van der Waals surface area contributed by atoms with Gasteiger partial charge < -0.3 is 19.3 Å². The Balaban J connectivity index is 1.61. The molecule has 6 heteroatoms. The van der Waals surface area contributed by atoms with Gasteiger partial charge in [-0.15, -0.1) is 0 Å². The normalized spacial score (nSPS) is 18.6. The zero-order valence-electron chi connectivity index (χ0n) is 12.0. The number of hydrogen-bond donors (Lipinski definition) is 1. The van der Waals surface area contributed by atoms with Crippen LogP contribution in [0.5, 0.6) is 5.75 Å². The topological polar surface area (TPSA) is 69.4 Å². The zero-order chi connectivity index (χ0) is 14.5. The molecule has 1 atom stereocenters. The molecular formula is C15H19N3O3. The van der Waals surface area contributed by atoms with Crippen molar-refractivity contribution in [3.05, 3.63) is 41.5 Å². The van der Waals surface area contributed by atoms with E-state index in [2.05, 4.69) is 15.5 Å². The molecule has 1 saturated heterocycles. The van der Waals surface area contributed by atoms with Crippen molar-refractivity contribution in [3.63, 3.8) is 0 Å². The molecule has 3 rings (SSSR count). The maximum atomic E-state index is 5.42. The molecule has 0 spiro atoms. The van der Waals surface area contributed by atoms with E-state index in [1.54, 1.807) is 7.11 Å². The number of nitrogens with zero attached hydrogens (tertiary/aromatic N) is 2. The third-order valence-corrected chi connectivity index (χ3v) is 3.43. The third kappa shape index (κ3) is 3.80. The highest BCUT2D eigenvalue weighted by atomic mass is 16.5. The fourth-order valence-corrected chi connectivity index (χ4v) is 2.37. The zero-order valence-corrected chi connectivity index (χ0v) is 12.0. The molecule has 1 aromatic heterocycles. The lowest BCUT2D eigenvalue weighted by Crippen LogP contribution is -2.42. The molecule has 1 aliphatic heterocycles. The lowest BCUT2D eigenvalue weighted by molar-refractivity contribution is 0.0744. The Morgan fingerprint density at radius 1 is 1.43 bits per heavy atom. The summed E-state index contributed by atoms with van der Waals surface area (Å²) in [7, 11) is 1.66. The number of benzene rings is 1. The van der Waals surface area contributed by atoms with Crippen LogP contribution in [-0.2, 0) is 17.6 Å². The molecular weight excluding hydrogens is 270 g/mol. The minimum Gasteiger partial charge on any atom is -0.497 e. The second-order valence-electron chi connectivity index (χ2n) is 5.06. The standard InChI is InChI=1S/C15H19N3O3/c1-19-13-4-2-3-11(7-13)8-14-17-15(21-18-14)9-12-10-20-6-5-16-12/h2-4,7,12,16H,5-6,8-10H2,1H3. The fourth-order valence-electron chi connectivity index (χ4n) is 2.37. The van der Waals surface area contributed by atoms with Gasteiger partial charge in [-0.2, -0.15) is 4.98 Å². The van der Waals surface area contributed by atoms with E-state index < -0.39 is 0 Å². The fraction of sp³-hybridized carbons (Fsp3) is 0.467. The summed E-state index contributed by atoms with van der Waals surface area (Å²) in [5, 5.41) is 7.41. The highest BCUT2D eigenvalue weighted by Gasteiger charge is 2.17. The van der Waals surface area contributed by atoms with Gasteiger partial charge in [-0.25, -0.2) is 0 Å². The van der Waals surface area contributed by atoms with E-state index >= 15 is 0 Å². The first-order valence-corrected chi connectivity index (χ1v) is 7.09. The van der Waals surface area contributed by atoms with Crippen LogP contribution in [-0.4, -0.2) is 43.1 Å². The van der Waals surface area contributed by atoms with Crippen molar-refractivity contribution in [2.45, 2.75) is 18.9 Å². The van der Waals surface area contributed by atoms with Crippen LogP contribution >= 0.6 is 0 Å². The number of hydrogen-bond acceptors (Lipinski definition) is 6. The quantitative estimate of drug-likeness (QED) is 0.892. The maximum absolute atomic E-state index is 5.42. The molecule has 0 amide bonds. The predicted molar refractivity (Wildman–Crippen MR) is 76.4 cm³/mol. The number of rotatable bonds is 5. The van der Waals surface area contributed by atoms with Gasteiger partial charge in [0.25, 0.3) is 0 Å². The summed E-state index contributed by atoms with van der Waals surface area (Å²) in [6.07, 6.45) is 1.33. The average molecular weight is 289 g/mol. The largest absolute Gasteiger partial charge is 0.497 e. The van der Waals surface area contributed by atoms with Crippen LogP contribution in [0.4, 0.5) is 0 Å². The van der Waals surface area contributed by atoms with Crippen molar-refractivity contribution in [1.82, 2.24) is 15.5 Å². The SMILES string of the molecule is COc1cccc(Cc2noc(CC3COCCN3)n2)c1. The smallest absolute Gasteiger partial charge is 0.228 e. The molecule has 6 nitrogen and oxygen atoms in total. The van der Waals surface area contributed by atoms with E-state index in [0.29, 0.717) is 31.2 Å². The third-order valence-electron chi connectivity index (χ3n) is 3.43. The lowest BCUT2D eigenvalue weighted by Gasteiger charge is -2.22. The molecule has 1 fully saturated rings. The van der Waals surface area contributed by atoms with Gasteiger partial charge in [0.2, 0.25) is 5.89 Å². The Morgan fingerprint density at radius 3 is 3.19 bits per heavy atom. The van der Waals surface area contributed by atoms with E-state index in [4.69, 9.17) is 14.0 Å². The van der Waals surface area contributed by atoms with Gasteiger partial charge in [-0.05, 0) is 17.7 Å². The Kier molecular flexibility index (Phi) is 4.47. The van der Waals surface area contributed by atoms with Crippen LogP contribution in [0.15, 0.2) is 28.8 Å². The molecule has 112 valence electrons. The summed E-state index contributed by atoms with van der Waals surface area (Å²) in [4.78, 5) is 4.44. The summed E-state index contributed by atoms with van der Waals surface area (Å²) in [6.45, 7) is 2.32. The Bertz CT molecular complexity index is 579. The molecule has 21 heavy (non-hydrogen) atoms. The molecule has 0 radical (unpaired) electrons. The molecule has 1 N–H and O–H groups in total. The Hall–Kier alpha value is -1.92. The second kappa shape index (κ2) is 6.69. The lowest BCUT2D eigenvalue weighted by atomic mass is 10.1. The monoisotopic (exact) mass is 289 g/mol. The summed E-state index contributed by atoms with van der Waals surface area (Å²) < 4.78 is 15.9. The number of nitrogens with one attached hydrogen (secondary N) is 1. The van der Waals surface area contributed by atoms with Gasteiger partial charge in [0.05, 0.1) is 20.3 Å². The minimum absolute atomic E-state index is 0.254. The van der Waals surface area contributed by atoms with Crippen LogP contribution in [0.3, 0.4) is 0 Å². The predicted octanol–water partition coefficient (Wildman–Crippen LogP) is 1.20. The Labute approximate surface area is 123 Å². The first kappa shape index (κ1) is 14.0. The van der Waals surface area contributed by atoms with Crippen LogP contribution in [0, 0.1) is 0 Å². The minimum atomic E-state index is 0.254. The van der Waals surface area contributed by atoms with E-state index in [0.717, 1.165) is 24.5 Å². The maximum Gasteiger partial charge on any atom is 0.228 e. The molecule has 0 aliphatic carbocycles. The highest BCUT2D eigenvalue weighted by molar-refractivity contribution is 5.30. The number of aromatic nitrogens is 2. The first-order chi connectivity index (χ1) is 10.3. The van der Waals surface area contributed by atoms with Gasteiger partial charge in [0.1, 0.15) is 5.75 Å². The van der Waals surface area contributed by atoms with Gasteiger partial charge in [-0.3, -0.25) is 0 Å². The van der Waals surface area contributed by atoms with Crippen molar-refractivity contribution < 1.29 is 14.0 Å². The molecule has 1 aromatic carbocycles. The Morgan fingerprint density at radius 2 is 2.38 bits per heavy atom. The summed E-state index contributed by atoms with van der Waals surface area (Å²) in [5.74, 6) is 2.17. The van der Waals surface area contributed by atoms with Gasteiger partial charge in [0, 0.05) is 25.4 Å². The van der Waals surface area contributed by atoms with Crippen molar-refractivity contribution >= 4 is 0 Å². The van der Waals surface area contributed by atoms with E-state index in [9.17, 15) is 0 Å². The van der Waals surface area contributed by atoms with Gasteiger partial charge >= 0.3 is 0 Å². The summed E-state index contributed by atoms with van der Waals surface area (Å²) >= 11 is 0.